The number of aromatic hydroxyl groups is 3. The zero-order chi connectivity index (χ0) is 29.1. The Kier molecular flexibility index (Phi) is 7.62. The molecule has 12 heteroatoms. The number of nitrogens with one attached hydrogen (secondary N) is 4. The number of aromatic carboxylic acids is 2. The maximum Gasteiger partial charge on any atom is 0.337 e. The Bertz CT molecular complexity index is 1550. The quantitative estimate of drug-likeness (QED) is 0.132. The largest absolute Gasteiger partial charge is 0.510 e. The van der Waals surface area contributed by atoms with E-state index in [4.69, 9.17) is 0 Å². The van der Waals surface area contributed by atoms with E-state index in [1.807, 2.05) is 0 Å². The summed E-state index contributed by atoms with van der Waals surface area (Å²) < 4.78 is 0. The third-order valence-electron chi connectivity index (χ3n) is 6.30. The molecule has 12 nitrogen and oxygen atoms in total. The average molecular weight is 549 g/mol. The van der Waals surface area contributed by atoms with Crippen LogP contribution in [0.15, 0.2) is 66.5 Å². The minimum absolute atomic E-state index is 0.0421. The number of aryl methyl sites for hydroxylation is 1. The lowest BCUT2D eigenvalue weighted by Gasteiger charge is -2.24. The number of anilines is 5. The van der Waals surface area contributed by atoms with Gasteiger partial charge in [-0.1, -0.05) is 12.2 Å². The number of aliphatic hydroxyl groups excluding tert-OH is 1. The lowest BCUT2D eigenvalue weighted by molar-refractivity contribution is 0.0687. The molecule has 0 bridgehead atoms. The van der Waals surface area contributed by atoms with Crippen molar-refractivity contribution in [3.05, 3.63) is 83.1 Å². The van der Waals surface area contributed by atoms with Gasteiger partial charge in [-0.15, -0.1) is 0 Å². The lowest BCUT2D eigenvalue weighted by Crippen LogP contribution is -2.28. The lowest BCUT2D eigenvalue weighted by atomic mass is 10.0. The topological polar surface area (TPSA) is 204 Å². The van der Waals surface area contributed by atoms with Crippen LogP contribution in [0.25, 0.3) is 0 Å². The number of rotatable bonds is 9. The highest BCUT2D eigenvalue weighted by Crippen LogP contribution is 2.36. The summed E-state index contributed by atoms with van der Waals surface area (Å²) in [5.41, 5.74) is 1.22. The van der Waals surface area contributed by atoms with Gasteiger partial charge in [0.2, 0.25) is 0 Å². The normalized spacial score (nSPS) is 16.1. The second-order valence-electron chi connectivity index (χ2n) is 9.09. The van der Waals surface area contributed by atoms with Gasteiger partial charge in [-0.2, -0.15) is 0 Å². The molecule has 2 atom stereocenters. The van der Waals surface area contributed by atoms with Crippen LogP contribution in [0, 0.1) is 6.92 Å². The van der Waals surface area contributed by atoms with Crippen molar-refractivity contribution in [2.75, 3.05) is 28.3 Å². The molecule has 0 heterocycles. The molecule has 4 rings (SSSR count). The third kappa shape index (κ3) is 5.80. The van der Waals surface area contributed by atoms with E-state index in [2.05, 4.69) is 21.3 Å². The van der Waals surface area contributed by atoms with Crippen LogP contribution in [0.5, 0.6) is 17.2 Å². The summed E-state index contributed by atoms with van der Waals surface area (Å²) in [7, 11) is 1.69. The van der Waals surface area contributed by atoms with Gasteiger partial charge in [0.1, 0.15) is 29.0 Å². The summed E-state index contributed by atoms with van der Waals surface area (Å²) in [6.07, 6.45) is 4.58. The molecule has 208 valence electrons. The predicted octanol–water partition coefficient (Wildman–Crippen LogP) is 4.57. The SMILES string of the molecule is CNc1ccc(Nc2cc(O)c(NC3C=CC(Nc4cc(O)c(C)cc4C(=O)O)C(O)=C3)cc2C(=O)O)c(O)c1. The number of carboxylic acid groups (broad SMARTS) is 2. The molecule has 40 heavy (non-hydrogen) atoms. The van der Waals surface area contributed by atoms with E-state index in [0.717, 1.165) is 0 Å². The number of phenols is 3. The van der Waals surface area contributed by atoms with Crippen molar-refractivity contribution in [3.8, 4) is 17.2 Å². The molecular weight excluding hydrogens is 520 g/mol. The van der Waals surface area contributed by atoms with E-state index in [-0.39, 0.29) is 56.9 Å². The van der Waals surface area contributed by atoms with E-state index in [9.17, 15) is 40.2 Å². The van der Waals surface area contributed by atoms with E-state index < -0.39 is 24.0 Å². The number of phenolic OH excluding ortho intramolecular Hbond substituents is 3. The zero-order valence-corrected chi connectivity index (χ0v) is 21.4. The van der Waals surface area contributed by atoms with Crippen molar-refractivity contribution in [1.82, 2.24) is 0 Å². The fourth-order valence-electron chi connectivity index (χ4n) is 4.15. The minimum atomic E-state index is -1.28. The van der Waals surface area contributed by atoms with Crippen molar-refractivity contribution >= 4 is 40.4 Å². The van der Waals surface area contributed by atoms with Gasteiger partial charge in [-0.05, 0) is 42.8 Å². The number of carboxylic acids is 2. The fourth-order valence-corrected chi connectivity index (χ4v) is 4.15. The Labute approximate surface area is 228 Å². The average Bonchev–Trinajstić information content (AvgIpc) is 2.89. The number of benzene rings is 3. The first-order valence-corrected chi connectivity index (χ1v) is 12.0. The van der Waals surface area contributed by atoms with Crippen molar-refractivity contribution in [2.24, 2.45) is 0 Å². The highest BCUT2D eigenvalue weighted by atomic mass is 16.4. The molecular formula is C28H28N4O8. The zero-order valence-electron chi connectivity index (χ0n) is 21.4. The highest BCUT2D eigenvalue weighted by molar-refractivity contribution is 5.98. The van der Waals surface area contributed by atoms with Crippen molar-refractivity contribution in [3.63, 3.8) is 0 Å². The molecule has 3 aromatic rings. The second-order valence-corrected chi connectivity index (χ2v) is 9.09. The molecule has 0 saturated heterocycles. The van der Waals surface area contributed by atoms with Gasteiger partial charge < -0.3 is 51.9 Å². The standard InChI is InChI=1S/C28H28N4O8/c1-13-7-16(27(37)38)20(11-23(13)33)31-19-6-4-15(9-25(19)35)30-22-10-17(28(39)40)21(12-26(22)36)32-18-5-3-14(29-2)8-24(18)34/h3-12,15,19,29-36H,1-2H3,(H,37,38)(H,39,40). The van der Waals surface area contributed by atoms with Gasteiger partial charge >= 0.3 is 11.9 Å². The second kappa shape index (κ2) is 11.1. The van der Waals surface area contributed by atoms with E-state index >= 15 is 0 Å². The Hall–Kier alpha value is -5.52. The molecule has 2 unspecified atom stereocenters. The van der Waals surface area contributed by atoms with E-state index in [0.29, 0.717) is 11.3 Å². The Morgan fingerprint density at radius 1 is 0.725 bits per heavy atom. The van der Waals surface area contributed by atoms with Gasteiger partial charge in [0.05, 0.1) is 39.9 Å². The molecule has 0 saturated carbocycles. The van der Waals surface area contributed by atoms with Gasteiger partial charge in [0.25, 0.3) is 0 Å². The fraction of sp³-hybridized carbons (Fsp3) is 0.143. The highest BCUT2D eigenvalue weighted by Gasteiger charge is 2.23. The van der Waals surface area contributed by atoms with Crippen LogP contribution >= 0.6 is 0 Å². The Balaban J connectivity index is 1.54. The Morgan fingerprint density at radius 3 is 2.00 bits per heavy atom. The van der Waals surface area contributed by atoms with Crippen LogP contribution in [-0.2, 0) is 0 Å². The molecule has 1 aliphatic rings. The Morgan fingerprint density at radius 2 is 1.38 bits per heavy atom. The van der Waals surface area contributed by atoms with Crippen LogP contribution in [0.4, 0.5) is 28.4 Å². The van der Waals surface area contributed by atoms with Crippen molar-refractivity contribution < 1.29 is 40.2 Å². The maximum atomic E-state index is 12.0. The summed E-state index contributed by atoms with van der Waals surface area (Å²) in [5, 5.41) is 72.3. The molecule has 0 fully saturated rings. The first-order valence-electron chi connectivity index (χ1n) is 12.0. The summed E-state index contributed by atoms with van der Waals surface area (Å²) >= 11 is 0. The van der Waals surface area contributed by atoms with Crippen LogP contribution < -0.4 is 21.3 Å². The summed E-state index contributed by atoms with van der Waals surface area (Å²) in [5.74, 6) is -3.19. The summed E-state index contributed by atoms with van der Waals surface area (Å²) in [4.78, 5) is 23.6. The van der Waals surface area contributed by atoms with Crippen LogP contribution in [0.2, 0.25) is 0 Å². The molecule has 1 aliphatic carbocycles. The van der Waals surface area contributed by atoms with E-state index in [1.54, 1.807) is 38.3 Å². The van der Waals surface area contributed by atoms with Crippen LogP contribution in [0.1, 0.15) is 26.3 Å². The molecule has 10 N–H and O–H groups in total. The predicted molar refractivity (Wildman–Crippen MR) is 150 cm³/mol. The van der Waals surface area contributed by atoms with Crippen molar-refractivity contribution in [1.29, 1.82) is 0 Å². The molecule has 0 spiro atoms. The van der Waals surface area contributed by atoms with Gasteiger partial charge in [0.15, 0.2) is 0 Å². The third-order valence-corrected chi connectivity index (χ3v) is 6.30. The molecule has 0 aromatic heterocycles. The smallest absolute Gasteiger partial charge is 0.337 e. The van der Waals surface area contributed by atoms with Crippen LogP contribution in [-0.4, -0.2) is 61.7 Å². The summed E-state index contributed by atoms with van der Waals surface area (Å²) in [6.45, 7) is 1.57. The number of hydrogen-bond donors (Lipinski definition) is 10. The number of hydrogen-bond acceptors (Lipinski definition) is 10. The molecule has 0 aliphatic heterocycles. The molecule has 3 aromatic carbocycles. The minimum Gasteiger partial charge on any atom is -0.510 e. The molecule has 0 amide bonds. The first-order chi connectivity index (χ1) is 19.0. The monoisotopic (exact) mass is 548 g/mol. The van der Waals surface area contributed by atoms with Crippen molar-refractivity contribution in [2.45, 2.75) is 19.0 Å². The number of carbonyl (C=O) groups is 2. The summed E-state index contributed by atoms with van der Waals surface area (Å²) in [6, 6.07) is 8.22. The van der Waals surface area contributed by atoms with E-state index in [1.165, 1.54) is 36.4 Å². The first kappa shape index (κ1) is 27.5. The molecule has 0 radical (unpaired) electrons. The van der Waals surface area contributed by atoms with Crippen LogP contribution in [0.3, 0.4) is 0 Å². The van der Waals surface area contributed by atoms with Gasteiger partial charge in [-0.3, -0.25) is 0 Å². The number of aliphatic hydroxyl groups is 1. The van der Waals surface area contributed by atoms with Gasteiger partial charge in [0, 0.05) is 30.9 Å². The van der Waals surface area contributed by atoms with Gasteiger partial charge in [-0.25, -0.2) is 9.59 Å². The maximum absolute atomic E-state index is 12.0.